The minimum atomic E-state index is -0.172. The molecule has 7 nitrogen and oxygen atoms in total. The molecule has 3 aromatic rings. The zero-order valence-electron chi connectivity index (χ0n) is 14.5. The predicted molar refractivity (Wildman–Crippen MR) is 93.8 cm³/mol. The smallest absolute Gasteiger partial charge is 0.255 e. The molecular formula is C18H21N5O2. The van der Waals surface area contributed by atoms with Crippen molar-refractivity contribution in [1.82, 2.24) is 24.9 Å². The third kappa shape index (κ3) is 3.40. The number of carbonyl (C=O) groups is 1. The molecular weight excluding hydrogens is 318 g/mol. The number of carbonyl (C=O) groups excluding carboxylic acids is 1. The third-order valence-electron chi connectivity index (χ3n) is 4.11. The Morgan fingerprint density at radius 1 is 1.28 bits per heavy atom. The second-order valence-corrected chi connectivity index (χ2v) is 5.66. The molecule has 0 spiro atoms. The first-order chi connectivity index (χ1) is 12.1. The van der Waals surface area contributed by atoms with Crippen LogP contribution < -0.4 is 10.1 Å². The largest absolute Gasteiger partial charge is 0.494 e. The first-order valence-electron chi connectivity index (χ1n) is 8.10. The topological polar surface area (TPSA) is 74.0 Å². The Kier molecular flexibility index (Phi) is 4.83. The van der Waals surface area contributed by atoms with Crippen molar-refractivity contribution in [1.29, 1.82) is 0 Å². The van der Waals surface area contributed by atoms with E-state index in [4.69, 9.17) is 4.74 Å². The van der Waals surface area contributed by atoms with E-state index >= 15 is 0 Å². The van der Waals surface area contributed by atoms with Crippen molar-refractivity contribution in [3.63, 3.8) is 0 Å². The molecule has 130 valence electrons. The van der Waals surface area contributed by atoms with Crippen molar-refractivity contribution in [3.05, 3.63) is 60.2 Å². The van der Waals surface area contributed by atoms with Gasteiger partial charge in [0, 0.05) is 19.4 Å². The van der Waals surface area contributed by atoms with Crippen LogP contribution in [0.1, 0.15) is 35.4 Å². The Bertz CT molecular complexity index is 868. The molecule has 0 radical (unpaired) electrons. The molecule has 0 aliphatic rings. The maximum atomic E-state index is 12.6. The van der Waals surface area contributed by atoms with Crippen LogP contribution in [0.3, 0.4) is 0 Å². The molecule has 0 saturated carbocycles. The van der Waals surface area contributed by atoms with Crippen molar-refractivity contribution in [2.45, 2.75) is 19.4 Å². The fourth-order valence-corrected chi connectivity index (χ4v) is 2.74. The van der Waals surface area contributed by atoms with E-state index in [0.717, 1.165) is 17.8 Å². The molecule has 3 rings (SSSR count). The van der Waals surface area contributed by atoms with Gasteiger partial charge in [0.25, 0.3) is 5.91 Å². The van der Waals surface area contributed by atoms with E-state index in [9.17, 15) is 4.79 Å². The number of aromatic nitrogens is 4. The summed E-state index contributed by atoms with van der Waals surface area (Å²) >= 11 is 0. The second-order valence-electron chi connectivity index (χ2n) is 5.66. The van der Waals surface area contributed by atoms with Gasteiger partial charge in [-0.25, -0.2) is 4.68 Å². The minimum absolute atomic E-state index is 0.102. The lowest BCUT2D eigenvalue weighted by atomic mass is 10.1. The van der Waals surface area contributed by atoms with Gasteiger partial charge in [0.2, 0.25) is 0 Å². The quantitative estimate of drug-likeness (QED) is 0.749. The van der Waals surface area contributed by atoms with Crippen molar-refractivity contribution in [3.8, 4) is 11.4 Å². The fourth-order valence-electron chi connectivity index (χ4n) is 2.74. The molecule has 1 amide bonds. The Balaban J connectivity index is 1.80. The van der Waals surface area contributed by atoms with Gasteiger partial charge >= 0.3 is 0 Å². The van der Waals surface area contributed by atoms with E-state index in [-0.39, 0.29) is 11.9 Å². The summed E-state index contributed by atoms with van der Waals surface area (Å²) < 4.78 is 8.75. The van der Waals surface area contributed by atoms with Crippen LogP contribution in [-0.4, -0.2) is 32.6 Å². The Morgan fingerprint density at radius 3 is 2.76 bits per heavy atom. The van der Waals surface area contributed by atoms with Gasteiger partial charge in [-0.05, 0) is 24.6 Å². The second kappa shape index (κ2) is 7.21. The number of rotatable bonds is 6. The molecule has 1 aromatic carbocycles. The van der Waals surface area contributed by atoms with Crippen LogP contribution in [0.25, 0.3) is 5.69 Å². The highest BCUT2D eigenvalue weighted by molar-refractivity contribution is 5.94. The number of hydrogen-bond donors (Lipinski definition) is 1. The zero-order chi connectivity index (χ0) is 17.8. The summed E-state index contributed by atoms with van der Waals surface area (Å²) in [6, 6.07) is 9.33. The van der Waals surface area contributed by atoms with E-state index in [0.29, 0.717) is 11.3 Å². The standard InChI is InChI=1S/C18H21N5O2/c1-4-14(15-9-10-19-22(15)2)21-18(24)13-11-20-23(12-13)16-7-5-6-8-17(16)25-3/h5-12,14H,4H2,1-3H3,(H,21,24)/t14-/m1/s1. The number of nitrogens with zero attached hydrogens (tertiary/aromatic N) is 4. The predicted octanol–water partition coefficient (Wildman–Crippen LogP) is 2.50. The van der Waals surface area contributed by atoms with Crippen molar-refractivity contribution in [2.24, 2.45) is 7.05 Å². The number of ether oxygens (including phenoxy) is 1. The molecule has 0 aliphatic heterocycles. The highest BCUT2D eigenvalue weighted by Crippen LogP contribution is 2.22. The van der Waals surface area contributed by atoms with Crippen LogP contribution in [-0.2, 0) is 7.05 Å². The third-order valence-corrected chi connectivity index (χ3v) is 4.11. The average molecular weight is 339 g/mol. The molecule has 1 N–H and O–H groups in total. The SMILES string of the molecule is CC[C@@H](NC(=O)c1cnn(-c2ccccc2OC)c1)c1ccnn1C. The fraction of sp³-hybridized carbons (Fsp3) is 0.278. The monoisotopic (exact) mass is 339 g/mol. The number of benzene rings is 1. The normalized spacial score (nSPS) is 12.0. The molecule has 25 heavy (non-hydrogen) atoms. The number of amides is 1. The number of hydrogen-bond acceptors (Lipinski definition) is 4. The van der Waals surface area contributed by atoms with Crippen molar-refractivity contribution >= 4 is 5.91 Å². The molecule has 1 atom stereocenters. The summed E-state index contributed by atoms with van der Waals surface area (Å²) in [5.41, 5.74) is 2.24. The van der Waals surface area contributed by atoms with Crippen molar-refractivity contribution < 1.29 is 9.53 Å². The van der Waals surface area contributed by atoms with Gasteiger partial charge in [-0.3, -0.25) is 9.48 Å². The number of nitrogens with one attached hydrogen (secondary N) is 1. The number of para-hydroxylation sites is 2. The van der Waals surface area contributed by atoms with E-state index in [1.54, 1.807) is 35.1 Å². The van der Waals surface area contributed by atoms with E-state index in [1.807, 2.05) is 44.3 Å². The summed E-state index contributed by atoms with van der Waals surface area (Å²) in [6.45, 7) is 2.02. The van der Waals surface area contributed by atoms with Gasteiger partial charge in [-0.2, -0.15) is 10.2 Å². The average Bonchev–Trinajstić information content (AvgIpc) is 3.29. The van der Waals surface area contributed by atoms with Gasteiger partial charge in [0.05, 0.1) is 30.6 Å². The van der Waals surface area contributed by atoms with E-state index in [1.165, 1.54) is 0 Å². The van der Waals surface area contributed by atoms with E-state index in [2.05, 4.69) is 15.5 Å². The van der Waals surface area contributed by atoms with Crippen LogP contribution in [0.15, 0.2) is 48.9 Å². The molecule has 0 aliphatic carbocycles. The Morgan fingerprint density at radius 2 is 2.08 bits per heavy atom. The van der Waals surface area contributed by atoms with Crippen LogP contribution in [0.4, 0.5) is 0 Å². The molecule has 2 heterocycles. The summed E-state index contributed by atoms with van der Waals surface area (Å²) in [7, 11) is 3.47. The molecule has 7 heteroatoms. The zero-order valence-corrected chi connectivity index (χ0v) is 14.5. The van der Waals surface area contributed by atoms with Crippen molar-refractivity contribution in [2.75, 3.05) is 7.11 Å². The molecule has 0 bridgehead atoms. The van der Waals surface area contributed by atoms with Gasteiger partial charge < -0.3 is 10.1 Å². The molecule has 0 unspecified atom stereocenters. The van der Waals surface area contributed by atoms with Crippen LogP contribution in [0.2, 0.25) is 0 Å². The van der Waals surface area contributed by atoms with Gasteiger partial charge in [0.1, 0.15) is 11.4 Å². The number of aryl methyl sites for hydroxylation is 1. The van der Waals surface area contributed by atoms with Gasteiger partial charge in [-0.15, -0.1) is 0 Å². The minimum Gasteiger partial charge on any atom is -0.494 e. The first-order valence-corrected chi connectivity index (χ1v) is 8.10. The lowest BCUT2D eigenvalue weighted by molar-refractivity contribution is 0.0934. The molecule has 2 aromatic heterocycles. The van der Waals surface area contributed by atoms with Gasteiger partial charge in [0.15, 0.2) is 0 Å². The Labute approximate surface area is 146 Å². The molecule has 0 saturated heterocycles. The lowest BCUT2D eigenvalue weighted by Gasteiger charge is -2.16. The maximum Gasteiger partial charge on any atom is 0.255 e. The number of methoxy groups -OCH3 is 1. The first kappa shape index (κ1) is 16.8. The highest BCUT2D eigenvalue weighted by Gasteiger charge is 2.18. The Hall–Kier alpha value is -3.09. The molecule has 0 fully saturated rings. The van der Waals surface area contributed by atoms with Crippen LogP contribution >= 0.6 is 0 Å². The maximum absolute atomic E-state index is 12.6. The summed E-state index contributed by atoms with van der Waals surface area (Å²) in [4.78, 5) is 12.6. The van der Waals surface area contributed by atoms with Crippen LogP contribution in [0, 0.1) is 0 Å². The summed E-state index contributed by atoms with van der Waals surface area (Å²) in [5, 5.41) is 11.5. The summed E-state index contributed by atoms with van der Waals surface area (Å²) in [6.07, 6.45) is 5.75. The van der Waals surface area contributed by atoms with E-state index < -0.39 is 0 Å². The van der Waals surface area contributed by atoms with Crippen LogP contribution in [0.5, 0.6) is 5.75 Å². The lowest BCUT2D eigenvalue weighted by Crippen LogP contribution is -2.29. The van der Waals surface area contributed by atoms with Gasteiger partial charge in [-0.1, -0.05) is 19.1 Å². The highest BCUT2D eigenvalue weighted by atomic mass is 16.5. The summed E-state index contributed by atoms with van der Waals surface area (Å²) in [5.74, 6) is 0.521.